The Kier molecular flexibility index (Phi) is 7.38. The van der Waals surface area contributed by atoms with Crippen LogP contribution in [0.1, 0.15) is 30.0 Å². The van der Waals surface area contributed by atoms with Crippen LogP contribution in [0.15, 0.2) is 78.0 Å². The summed E-state index contributed by atoms with van der Waals surface area (Å²) < 4.78 is 0. The number of thioether (sulfide) groups is 1. The Bertz CT molecular complexity index is 1290. The number of benzene rings is 3. The lowest BCUT2D eigenvalue weighted by Gasteiger charge is -2.15. The van der Waals surface area contributed by atoms with Gasteiger partial charge in [-0.1, -0.05) is 90.5 Å². The molecule has 1 heterocycles. The van der Waals surface area contributed by atoms with Gasteiger partial charge >= 0.3 is 0 Å². The first kappa shape index (κ1) is 23.6. The minimum absolute atomic E-state index is 0.0683. The van der Waals surface area contributed by atoms with Crippen molar-refractivity contribution in [2.45, 2.75) is 44.5 Å². The molecule has 0 saturated heterocycles. The molecule has 1 atom stereocenters. The Labute approximate surface area is 205 Å². The number of nitrogens with one attached hydrogen (secondary N) is 1. The van der Waals surface area contributed by atoms with E-state index < -0.39 is 0 Å². The van der Waals surface area contributed by atoms with E-state index in [9.17, 15) is 4.79 Å². The zero-order valence-electron chi connectivity index (χ0n) is 19.9. The Morgan fingerprint density at radius 1 is 0.824 bits per heavy atom. The fourth-order valence-electron chi connectivity index (χ4n) is 3.57. The minimum Gasteiger partial charge on any atom is -0.325 e. The van der Waals surface area contributed by atoms with Gasteiger partial charge in [-0.15, -0.1) is 10.2 Å². The van der Waals surface area contributed by atoms with E-state index in [4.69, 9.17) is 4.98 Å². The van der Waals surface area contributed by atoms with Crippen molar-refractivity contribution in [3.05, 3.63) is 89.5 Å². The molecule has 0 unspecified atom stereocenters. The molecule has 5 nitrogen and oxygen atoms in total. The van der Waals surface area contributed by atoms with Gasteiger partial charge in [-0.25, -0.2) is 4.98 Å². The topological polar surface area (TPSA) is 67.8 Å². The maximum absolute atomic E-state index is 13.0. The second kappa shape index (κ2) is 10.6. The van der Waals surface area contributed by atoms with Gasteiger partial charge in [0.15, 0.2) is 0 Å². The van der Waals surface area contributed by atoms with Crippen LogP contribution in [0.3, 0.4) is 0 Å². The summed E-state index contributed by atoms with van der Waals surface area (Å²) >= 11 is 1.34. The summed E-state index contributed by atoms with van der Waals surface area (Å²) in [4.78, 5) is 17.8. The van der Waals surface area contributed by atoms with Crippen LogP contribution >= 0.6 is 11.8 Å². The molecule has 0 spiro atoms. The van der Waals surface area contributed by atoms with Gasteiger partial charge in [-0.2, -0.15) is 0 Å². The highest BCUT2D eigenvalue weighted by Gasteiger charge is 2.22. The summed E-state index contributed by atoms with van der Waals surface area (Å²) in [6.07, 6.45) is 0.644. The van der Waals surface area contributed by atoms with Gasteiger partial charge in [0, 0.05) is 16.8 Å². The molecule has 0 aliphatic heterocycles. The zero-order chi connectivity index (χ0) is 24.1. The van der Waals surface area contributed by atoms with Crippen LogP contribution in [0.25, 0.3) is 22.5 Å². The van der Waals surface area contributed by atoms with Crippen LogP contribution in [-0.2, 0) is 4.79 Å². The van der Waals surface area contributed by atoms with Crippen molar-refractivity contribution in [3.8, 4) is 22.5 Å². The largest absolute Gasteiger partial charge is 0.325 e. The van der Waals surface area contributed by atoms with Crippen molar-refractivity contribution in [2.24, 2.45) is 0 Å². The number of hydrogen-bond donors (Lipinski definition) is 1. The van der Waals surface area contributed by atoms with E-state index >= 15 is 0 Å². The van der Waals surface area contributed by atoms with E-state index in [-0.39, 0.29) is 11.2 Å². The van der Waals surface area contributed by atoms with E-state index in [0.717, 1.165) is 33.8 Å². The average Bonchev–Trinajstić information content (AvgIpc) is 2.83. The smallest absolute Gasteiger partial charge is 0.237 e. The summed E-state index contributed by atoms with van der Waals surface area (Å²) in [5, 5.41) is 12.1. The summed E-state index contributed by atoms with van der Waals surface area (Å²) in [6.45, 7) is 8.11. The Hall–Kier alpha value is -3.51. The number of rotatable bonds is 7. The molecule has 1 aromatic heterocycles. The van der Waals surface area contributed by atoms with Gasteiger partial charge in [0.25, 0.3) is 0 Å². The molecule has 0 fully saturated rings. The molecule has 4 rings (SSSR count). The molecule has 172 valence electrons. The predicted molar refractivity (Wildman–Crippen MR) is 140 cm³/mol. The van der Waals surface area contributed by atoms with E-state index in [0.29, 0.717) is 11.6 Å². The molecular weight excluding hydrogens is 440 g/mol. The SMILES string of the molecule is CC[C@H](Sc1nnc(-c2ccc(C)cc2)c(-c2ccc(C)cc2)n1)C(=O)Nc1cccc(C)c1. The fourth-order valence-corrected chi connectivity index (χ4v) is 4.39. The number of carbonyl (C=O) groups is 1. The number of aryl methyl sites for hydroxylation is 3. The van der Waals surface area contributed by atoms with Crippen LogP contribution in [0.5, 0.6) is 0 Å². The lowest BCUT2D eigenvalue weighted by atomic mass is 10.0. The van der Waals surface area contributed by atoms with Crippen molar-refractivity contribution in [3.63, 3.8) is 0 Å². The van der Waals surface area contributed by atoms with Crippen LogP contribution in [0.4, 0.5) is 5.69 Å². The van der Waals surface area contributed by atoms with Gasteiger partial charge < -0.3 is 5.32 Å². The van der Waals surface area contributed by atoms with Crippen molar-refractivity contribution >= 4 is 23.4 Å². The van der Waals surface area contributed by atoms with Gasteiger partial charge in [0.05, 0.1) is 5.25 Å². The molecule has 1 amide bonds. The highest BCUT2D eigenvalue weighted by atomic mass is 32.2. The Morgan fingerprint density at radius 3 is 2.03 bits per heavy atom. The second-order valence-corrected chi connectivity index (χ2v) is 9.57. The summed E-state index contributed by atoms with van der Waals surface area (Å²) in [6, 6.07) is 24.2. The van der Waals surface area contributed by atoms with Crippen molar-refractivity contribution < 1.29 is 4.79 Å². The Balaban J connectivity index is 1.65. The van der Waals surface area contributed by atoms with Crippen molar-refractivity contribution in [1.82, 2.24) is 15.2 Å². The van der Waals surface area contributed by atoms with Gasteiger partial charge in [-0.3, -0.25) is 4.79 Å². The van der Waals surface area contributed by atoms with Gasteiger partial charge in [0.1, 0.15) is 11.4 Å². The number of nitrogens with zero attached hydrogens (tertiary/aromatic N) is 3. The molecule has 1 N–H and O–H groups in total. The molecule has 0 aliphatic rings. The normalized spacial score (nSPS) is 11.8. The molecular formula is C28H28N4OS. The first-order chi connectivity index (χ1) is 16.4. The molecule has 0 aliphatic carbocycles. The number of amides is 1. The monoisotopic (exact) mass is 468 g/mol. The van der Waals surface area contributed by atoms with Crippen molar-refractivity contribution in [1.29, 1.82) is 0 Å². The Morgan fingerprint density at radius 2 is 1.44 bits per heavy atom. The highest BCUT2D eigenvalue weighted by molar-refractivity contribution is 8.00. The third-order valence-electron chi connectivity index (χ3n) is 5.51. The predicted octanol–water partition coefficient (Wildman–Crippen LogP) is 6.64. The number of aromatic nitrogens is 3. The van der Waals surface area contributed by atoms with Crippen LogP contribution in [-0.4, -0.2) is 26.3 Å². The fraction of sp³-hybridized carbons (Fsp3) is 0.214. The summed E-state index contributed by atoms with van der Waals surface area (Å²) in [5.74, 6) is -0.0683. The highest BCUT2D eigenvalue weighted by Crippen LogP contribution is 2.32. The van der Waals surface area contributed by atoms with E-state index in [1.54, 1.807) is 0 Å². The minimum atomic E-state index is -0.335. The lowest BCUT2D eigenvalue weighted by molar-refractivity contribution is -0.115. The average molecular weight is 469 g/mol. The number of anilines is 1. The summed E-state index contributed by atoms with van der Waals surface area (Å²) in [5.41, 5.74) is 7.66. The van der Waals surface area contributed by atoms with E-state index in [1.807, 2.05) is 62.4 Å². The van der Waals surface area contributed by atoms with E-state index in [2.05, 4.69) is 53.6 Å². The van der Waals surface area contributed by atoms with Gasteiger partial charge in [0.2, 0.25) is 11.1 Å². The maximum atomic E-state index is 13.0. The van der Waals surface area contributed by atoms with Crippen LogP contribution < -0.4 is 5.32 Å². The molecule has 0 saturated carbocycles. The first-order valence-corrected chi connectivity index (χ1v) is 12.2. The molecule has 34 heavy (non-hydrogen) atoms. The zero-order valence-corrected chi connectivity index (χ0v) is 20.7. The maximum Gasteiger partial charge on any atom is 0.237 e. The van der Waals surface area contributed by atoms with Crippen LogP contribution in [0.2, 0.25) is 0 Å². The van der Waals surface area contributed by atoms with Crippen LogP contribution in [0, 0.1) is 20.8 Å². The van der Waals surface area contributed by atoms with E-state index in [1.165, 1.54) is 22.9 Å². The number of hydrogen-bond acceptors (Lipinski definition) is 5. The third-order valence-corrected chi connectivity index (χ3v) is 6.73. The molecule has 0 bridgehead atoms. The standard InChI is InChI=1S/C28H28N4OS/c1-5-24(27(33)29-23-8-6-7-20(4)17-23)34-28-30-25(21-13-9-18(2)10-14-21)26(31-32-28)22-15-11-19(3)12-16-22/h6-17,24H,5H2,1-4H3,(H,29,33)/t24-/m0/s1. The second-order valence-electron chi connectivity index (χ2n) is 8.40. The summed E-state index contributed by atoms with van der Waals surface area (Å²) in [7, 11) is 0. The molecule has 6 heteroatoms. The van der Waals surface area contributed by atoms with Gasteiger partial charge in [-0.05, 0) is 44.9 Å². The third kappa shape index (κ3) is 5.69. The molecule has 0 radical (unpaired) electrons. The lowest BCUT2D eigenvalue weighted by Crippen LogP contribution is -2.25. The number of carbonyl (C=O) groups excluding carboxylic acids is 1. The molecule has 4 aromatic rings. The quantitative estimate of drug-likeness (QED) is 0.308. The van der Waals surface area contributed by atoms with Crippen molar-refractivity contribution in [2.75, 3.05) is 5.32 Å². The first-order valence-electron chi connectivity index (χ1n) is 11.4. The molecule has 3 aromatic carbocycles.